The summed E-state index contributed by atoms with van der Waals surface area (Å²) in [4.78, 5) is 39.0. The van der Waals surface area contributed by atoms with Crippen LogP contribution in [0.15, 0.2) is 43.9 Å². The predicted octanol–water partition coefficient (Wildman–Crippen LogP) is 4.94. The molecule has 1 atom stereocenters. The van der Waals surface area contributed by atoms with E-state index in [1.54, 1.807) is 6.20 Å². The first-order chi connectivity index (χ1) is 17.4. The van der Waals surface area contributed by atoms with E-state index in [0.29, 0.717) is 48.2 Å². The highest BCUT2D eigenvalue weighted by molar-refractivity contribution is 7.80. The lowest BCUT2D eigenvalue weighted by Crippen LogP contribution is -2.45. The molecular formula is C26H34N8OS. The second-order valence-corrected chi connectivity index (χ2v) is 9.12. The molecule has 10 heteroatoms. The summed E-state index contributed by atoms with van der Waals surface area (Å²) in [7, 11) is 0. The lowest BCUT2D eigenvalue weighted by molar-refractivity contribution is -0.102. The first kappa shape index (κ1) is 27.3. The number of thiol groups is 1. The van der Waals surface area contributed by atoms with Gasteiger partial charge in [0.1, 0.15) is 12.0 Å². The average molecular weight is 507 g/mol. The zero-order valence-electron chi connectivity index (χ0n) is 21.3. The maximum Gasteiger partial charge on any atom is 0.173 e. The number of allylic oxidation sites excluding steroid dienone is 2. The Labute approximate surface area is 218 Å². The molecule has 0 amide bonds. The molecule has 0 aromatic carbocycles. The van der Waals surface area contributed by atoms with Crippen molar-refractivity contribution >= 4 is 55.3 Å². The van der Waals surface area contributed by atoms with Crippen molar-refractivity contribution in [1.82, 2.24) is 20.4 Å². The van der Waals surface area contributed by atoms with E-state index >= 15 is 0 Å². The van der Waals surface area contributed by atoms with Gasteiger partial charge in [0, 0.05) is 28.6 Å². The maximum atomic E-state index is 11.1. The number of hydrazine groups is 1. The molecule has 1 fully saturated rings. The molecule has 1 N–H and O–H groups in total. The monoisotopic (exact) mass is 506 g/mol. The molecule has 2 aromatic rings. The van der Waals surface area contributed by atoms with Crippen molar-refractivity contribution in [1.29, 1.82) is 0 Å². The third-order valence-corrected chi connectivity index (χ3v) is 6.24. The average Bonchev–Trinajstić information content (AvgIpc) is 3.72. The zero-order valence-corrected chi connectivity index (χ0v) is 22.2. The number of pyridine rings is 1. The number of aromatic nitrogens is 3. The molecule has 1 aliphatic rings. The van der Waals surface area contributed by atoms with Gasteiger partial charge in [-0.3, -0.25) is 19.8 Å². The molecule has 0 saturated heterocycles. The summed E-state index contributed by atoms with van der Waals surface area (Å²) >= 11 is 4.32. The lowest BCUT2D eigenvalue weighted by Gasteiger charge is -2.31. The Morgan fingerprint density at radius 1 is 1.33 bits per heavy atom. The van der Waals surface area contributed by atoms with E-state index in [1.807, 2.05) is 24.1 Å². The van der Waals surface area contributed by atoms with Gasteiger partial charge in [-0.15, -0.1) is 12.6 Å². The number of anilines is 1. The van der Waals surface area contributed by atoms with Crippen LogP contribution in [0.2, 0.25) is 0 Å². The predicted molar refractivity (Wildman–Crippen MR) is 150 cm³/mol. The van der Waals surface area contributed by atoms with Crippen LogP contribution in [0.25, 0.3) is 5.57 Å². The van der Waals surface area contributed by atoms with Gasteiger partial charge in [0.05, 0.1) is 29.8 Å². The molecule has 0 spiro atoms. The van der Waals surface area contributed by atoms with Crippen LogP contribution in [0.3, 0.4) is 0 Å². The van der Waals surface area contributed by atoms with Gasteiger partial charge in [-0.25, -0.2) is 25.4 Å². The quantitative estimate of drug-likeness (QED) is 0.131. The fraction of sp³-hybridized carbons (Fsp3) is 0.423. The van der Waals surface area contributed by atoms with E-state index in [2.05, 4.69) is 65.5 Å². The van der Waals surface area contributed by atoms with Gasteiger partial charge in [0.15, 0.2) is 17.9 Å². The Bertz CT molecular complexity index is 1160. The fourth-order valence-corrected chi connectivity index (χ4v) is 3.90. The molecule has 190 valence electrons. The van der Waals surface area contributed by atoms with Crippen LogP contribution < -0.4 is 10.4 Å². The number of carbonyl (C=O) groups is 1. The molecule has 9 nitrogen and oxygen atoms in total. The molecule has 0 aliphatic heterocycles. The van der Waals surface area contributed by atoms with Gasteiger partial charge in [0.2, 0.25) is 0 Å². The van der Waals surface area contributed by atoms with Crippen molar-refractivity contribution in [3.63, 3.8) is 0 Å². The van der Waals surface area contributed by atoms with Gasteiger partial charge in [0.25, 0.3) is 0 Å². The molecule has 3 rings (SSSR count). The highest BCUT2D eigenvalue weighted by Gasteiger charge is 2.30. The topological polar surface area (TPSA) is 108 Å². The van der Waals surface area contributed by atoms with Crippen LogP contribution >= 0.6 is 12.6 Å². The van der Waals surface area contributed by atoms with Crippen molar-refractivity contribution in [2.45, 2.75) is 70.9 Å². The summed E-state index contributed by atoms with van der Waals surface area (Å²) in [6.45, 7) is 12.2. The fourth-order valence-electron chi connectivity index (χ4n) is 3.76. The molecule has 36 heavy (non-hydrogen) atoms. The highest BCUT2D eigenvalue weighted by atomic mass is 32.1. The van der Waals surface area contributed by atoms with Crippen molar-refractivity contribution in [2.75, 3.05) is 5.01 Å². The SMILES string of the molecule is C=NC=N/C(=C(\CC)c1nc(C)c(N=CC=O)c(N(NCc2ccc(S)cn2)C(C)CC)n1)C1CC1. The molecule has 0 bridgehead atoms. The summed E-state index contributed by atoms with van der Waals surface area (Å²) in [6.07, 6.45) is 8.81. The molecular weight excluding hydrogens is 472 g/mol. The van der Waals surface area contributed by atoms with Crippen molar-refractivity contribution in [3.05, 3.63) is 41.2 Å². The summed E-state index contributed by atoms with van der Waals surface area (Å²) in [5.41, 5.74) is 7.48. The van der Waals surface area contributed by atoms with E-state index in [1.165, 1.54) is 12.6 Å². The zero-order chi connectivity index (χ0) is 26.1. The molecule has 2 aromatic heterocycles. The van der Waals surface area contributed by atoms with E-state index in [0.717, 1.165) is 41.1 Å². The molecule has 1 saturated carbocycles. The molecule has 0 radical (unpaired) electrons. The molecule has 1 unspecified atom stereocenters. The number of nitrogens with one attached hydrogen (secondary N) is 1. The van der Waals surface area contributed by atoms with Gasteiger partial charge in [-0.1, -0.05) is 13.8 Å². The largest absolute Gasteiger partial charge is 0.297 e. The second-order valence-electron chi connectivity index (χ2n) is 8.61. The standard InChI is InChI=1S/C26H34N8OS/c1-6-17(3)34(31-14-20-10-11-21(36)15-29-20)26-23(28-12-13-35)18(4)32-25(33-26)22(7-2)24(19-8-9-19)30-16-27-5/h10-13,15-17,19,31,36H,5-9,14H2,1-4H3/b24-22+,28-12?,30-16?. The Morgan fingerprint density at radius 3 is 2.69 bits per heavy atom. The van der Waals surface area contributed by atoms with E-state index < -0.39 is 0 Å². The lowest BCUT2D eigenvalue weighted by atomic mass is 10.1. The van der Waals surface area contributed by atoms with Crippen LogP contribution in [0.5, 0.6) is 0 Å². The van der Waals surface area contributed by atoms with Crippen LogP contribution in [0.4, 0.5) is 11.5 Å². The van der Waals surface area contributed by atoms with E-state index in [9.17, 15) is 4.79 Å². The Morgan fingerprint density at radius 2 is 2.11 bits per heavy atom. The smallest absolute Gasteiger partial charge is 0.173 e. The Balaban J connectivity index is 2.13. The minimum atomic E-state index is 0.0708. The first-order valence-electron chi connectivity index (χ1n) is 12.2. The summed E-state index contributed by atoms with van der Waals surface area (Å²) in [6, 6.07) is 3.91. The highest BCUT2D eigenvalue weighted by Crippen LogP contribution is 2.42. The second kappa shape index (κ2) is 13.2. The number of aryl methyl sites for hydroxylation is 1. The van der Waals surface area contributed by atoms with Crippen molar-refractivity contribution in [2.24, 2.45) is 20.9 Å². The summed E-state index contributed by atoms with van der Waals surface area (Å²) < 4.78 is 0. The third kappa shape index (κ3) is 6.92. The molecule has 2 heterocycles. The third-order valence-electron chi connectivity index (χ3n) is 5.98. The van der Waals surface area contributed by atoms with Crippen molar-refractivity contribution < 1.29 is 4.79 Å². The first-order valence-corrected chi connectivity index (χ1v) is 12.6. The Hall–Kier alpha value is -3.24. The van der Waals surface area contributed by atoms with E-state index in [-0.39, 0.29) is 6.04 Å². The van der Waals surface area contributed by atoms with Crippen LogP contribution in [0, 0.1) is 12.8 Å². The van der Waals surface area contributed by atoms with Crippen LogP contribution in [-0.2, 0) is 11.3 Å². The number of nitrogens with zero attached hydrogens (tertiary/aromatic N) is 7. The number of hydrogen-bond donors (Lipinski definition) is 2. The minimum absolute atomic E-state index is 0.0708. The van der Waals surface area contributed by atoms with Crippen LogP contribution in [-0.4, -0.2) is 46.6 Å². The number of aliphatic imine (C=N–C) groups is 3. The Kier molecular flexibility index (Phi) is 10.0. The maximum absolute atomic E-state index is 11.1. The number of hydrogen-bond acceptors (Lipinski definition) is 9. The van der Waals surface area contributed by atoms with Gasteiger partial charge in [-0.2, -0.15) is 0 Å². The van der Waals surface area contributed by atoms with Crippen molar-refractivity contribution in [3.8, 4) is 0 Å². The summed E-state index contributed by atoms with van der Waals surface area (Å²) in [5, 5.41) is 1.99. The van der Waals surface area contributed by atoms with E-state index in [4.69, 9.17) is 9.97 Å². The van der Waals surface area contributed by atoms with Crippen LogP contribution in [0.1, 0.15) is 63.7 Å². The number of carbonyl (C=O) groups excluding carboxylic acids is 1. The normalized spacial score (nSPS) is 15.2. The number of rotatable bonds is 13. The van der Waals surface area contributed by atoms with Gasteiger partial charge < -0.3 is 0 Å². The molecule has 1 aliphatic carbocycles. The minimum Gasteiger partial charge on any atom is -0.297 e. The van der Waals surface area contributed by atoms with Gasteiger partial charge >= 0.3 is 0 Å². The van der Waals surface area contributed by atoms with Gasteiger partial charge in [-0.05, 0) is 58.4 Å². The number of aldehydes is 1. The summed E-state index contributed by atoms with van der Waals surface area (Å²) in [5.74, 6) is 1.58.